The SMILES string of the molecule is Cc1ccc(CC2(NCCCS(=O)(=O)O)CCCC2)cc1. The first-order chi connectivity index (χ1) is 9.89. The molecule has 2 rings (SSSR count). The highest BCUT2D eigenvalue weighted by Crippen LogP contribution is 2.32. The van der Waals surface area contributed by atoms with Gasteiger partial charge < -0.3 is 5.32 Å². The first kappa shape index (κ1) is 16.5. The molecule has 4 nitrogen and oxygen atoms in total. The van der Waals surface area contributed by atoms with E-state index < -0.39 is 10.1 Å². The van der Waals surface area contributed by atoms with Crippen molar-refractivity contribution in [1.82, 2.24) is 5.32 Å². The summed E-state index contributed by atoms with van der Waals surface area (Å²) in [5.74, 6) is -0.166. The molecule has 0 amide bonds. The molecule has 0 bridgehead atoms. The van der Waals surface area contributed by atoms with Crippen LogP contribution < -0.4 is 5.32 Å². The highest BCUT2D eigenvalue weighted by Gasteiger charge is 2.33. The Morgan fingerprint density at radius 2 is 1.81 bits per heavy atom. The minimum absolute atomic E-state index is 0.0917. The van der Waals surface area contributed by atoms with E-state index in [2.05, 4.69) is 36.5 Å². The van der Waals surface area contributed by atoms with Crippen molar-refractivity contribution in [2.45, 2.75) is 51.0 Å². The van der Waals surface area contributed by atoms with Crippen molar-refractivity contribution in [3.63, 3.8) is 0 Å². The second-order valence-corrected chi connectivity index (χ2v) is 7.79. The summed E-state index contributed by atoms with van der Waals surface area (Å²) in [4.78, 5) is 0. The van der Waals surface area contributed by atoms with Gasteiger partial charge in [0, 0.05) is 5.54 Å². The molecular weight excluding hydrogens is 286 g/mol. The first-order valence-corrected chi connectivity index (χ1v) is 9.25. The van der Waals surface area contributed by atoms with Gasteiger partial charge in [-0.15, -0.1) is 0 Å². The minimum atomic E-state index is -3.84. The highest BCUT2D eigenvalue weighted by atomic mass is 32.2. The zero-order valence-electron chi connectivity index (χ0n) is 12.6. The van der Waals surface area contributed by atoms with E-state index in [9.17, 15) is 8.42 Å². The lowest BCUT2D eigenvalue weighted by Gasteiger charge is -2.31. The van der Waals surface area contributed by atoms with Crippen LogP contribution in [-0.2, 0) is 16.5 Å². The summed E-state index contributed by atoms with van der Waals surface area (Å²) in [6.45, 7) is 2.72. The maximum absolute atomic E-state index is 10.8. The Morgan fingerprint density at radius 1 is 1.19 bits per heavy atom. The van der Waals surface area contributed by atoms with Crippen LogP contribution in [0.15, 0.2) is 24.3 Å². The van der Waals surface area contributed by atoms with Gasteiger partial charge in [-0.1, -0.05) is 42.7 Å². The Hall–Kier alpha value is -0.910. The number of rotatable bonds is 7. The van der Waals surface area contributed by atoms with Crippen LogP contribution in [-0.4, -0.2) is 30.8 Å². The van der Waals surface area contributed by atoms with Gasteiger partial charge in [0.2, 0.25) is 0 Å². The van der Waals surface area contributed by atoms with Gasteiger partial charge in [0.15, 0.2) is 0 Å². The molecule has 21 heavy (non-hydrogen) atoms. The molecule has 0 radical (unpaired) electrons. The third-order valence-corrected chi connectivity index (χ3v) is 5.11. The van der Waals surface area contributed by atoms with Crippen LogP contribution in [0.3, 0.4) is 0 Å². The second kappa shape index (κ2) is 6.90. The maximum atomic E-state index is 10.8. The van der Waals surface area contributed by atoms with E-state index >= 15 is 0 Å². The van der Waals surface area contributed by atoms with Crippen LogP contribution in [0.25, 0.3) is 0 Å². The predicted molar refractivity (Wildman–Crippen MR) is 85.1 cm³/mol. The number of hydrogen-bond donors (Lipinski definition) is 2. The molecule has 0 atom stereocenters. The van der Waals surface area contributed by atoms with Crippen LogP contribution in [0, 0.1) is 6.92 Å². The molecule has 1 aliphatic carbocycles. The second-order valence-electron chi connectivity index (χ2n) is 6.22. The average molecular weight is 311 g/mol. The van der Waals surface area contributed by atoms with Crippen molar-refractivity contribution in [2.24, 2.45) is 0 Å². The van der Waals surface area contributed by atoms with Crippen LogP contribution >= 0.6 is 0 Å². The summed E-state index contributed by atoms with van der Waals surface area (Å²) >= 11 is 0. The lowest BCUT2D eigenvalue weighted by molar-refractivity contribution is 0.329. The molecular formula is C16H25NO3S. The van der Waals surface area contributed by atoms with Gasteiger partial charge in [-0.2, -0.15) is 8.42 Å². The van der Waals surface area contributed by atoms with Crippen molar-refractivity contribution in [1.29, 1.82) is 0 Å². The summed E-state index contributed by atoms with van der Waals surface area (Å²) in [6, 6.07) is 8.62. The molecule has 1 aromatic rings. The first-order valence-electron chi connectivity index (χ1n) is 7.64. The Bertz CT molecular complexity index is 545. The summed E-state index contributed by atoms with van der Waals surface area (Å²) in [7, 11) is -3.84. The van der Waals surface area contributed by atoms with Gasteiger partial charge in [-0.25, -0.2) is 0 Å². The zero-order chi connectivity index (χ0) is 15.3. The van der Waals surface area contributed by atoms with Gasteiger partial charge in [0.05, 0.1) is 5.75 Å². The summed E-state index contributed by atoms with van der Waals surface area (Å²) < 4.78 is 30.3. The van der Waals surface area contributed by atoms with E-state index in [0.717, 1.165) is 19.3 Å². The molecule has 0 saturated heterocycles. The van der Waals surface area contributed by atoms with E-state index in [1.165, 1.54) is 24.0 Å². The molecule has 1 aromatic carbocycles. The topological polar surface area (TPSA) is 66.4 Å². The average Bonchev–Trinajstić information content (AvgIpc) is 2.86. The van der Waals surface area contributed by atoms with Crippen molar-refractivity contribution in [3.05, 3.63) is 35.4 Å². The van der Waals surface area contributed by atoms with Crippen LogP contribution in [0.4, 0.5) is 0 Å². The van der Waals surface area contributed by atoms with Gasteiger partial charge in [0.1, 0.15) is 0 Å². The lowest BCUT2D eigenvalue weighted by atomic mass is 9.88. The van der Waals surface area contributed by atoms with Gasteiger partial charge in [-0.05, 0) is 44.7 Å². The molecule has 0 unspecified atom stereocenters. The van der Waals surface area contributed by atoms with E-state index in [0.29, 0.717) is 13.0 Å². The molecule has 2 N–H and O–H groups in total. The summed E-state index contributed by atoms with van der Waals surface area (Å²) in [6.07, 6.45) is 6.14. The third kappa shape index (κ3) is 5.41. The van der Waals surface area contributed by atoms with Gasteiger partial charge in [0.25, 0.3) is 10.1 Å². The Kier molecular flexibility index (Phi) is 5.41. The van der Waals surface area contributed by atoms with E-state index in [1.807, 2.05) is 0 Å². The fourth-order valence-corrected chi connectivity index (χ4v) is 3.68. The maximum Gasteiger partial charge on any atom is 0.264 e. The monoisotopic (exact) mass is 311 g/mol. The Labute approximate surface area is 127 Å². The van der Waals surface area contributed by atoms with Crippen LogP contribution in [0.5, 0.6) is 0 Å². The molecule has 0 spiro atoms. The number of benzene rings is 1. The summed E-state index contributed by atoms with van der Waals surface area (Å²) in [5.41, 5.74) is 2.68. The molecule has 0 heterocycles. The highest BCUT2D eigenvalue weighted by molar-refractivity contribution is 7.85. The van der Waals surface area contributed by atoms with Crippen molar-refractivity contribution >= 4 is 10.1 Å². The van der Waals surface area contributed by atoms with E-state index in [4.69, 9.17) is 4.55 Å². The normalized spacial score (nSPS) is 18.0. The van der Waals surface area contributed by atoms with Gasteiger partial charge >= 0.3 is 0 Å². The molecule has 1 saturated carbocycles. The Morgan fingerprint density at radius 3 is 2.38 bits per heavy atom. The predicted octanol–water partition coefficient (Wildman–Crippen LogP) is 2.72. The smallest absolute Gasteiger partial charge is 0.264 e. The molecule has 0 aliphatic heterocycles. The summed E-state index contributed by atoms with van der Waals surface area (Å²) in [5, 5.41) is 3.56. The van der Waals surface area contributed by atoms with Crippen LogP contribution in [0.2, 0.25) is 0 Å². The quantitative estimate of drug-likeness (QED) is 0.600. The van der Waals surface area contributed by atoms with Crippen molar-refractivity contribution < 1.29 is 13.0 Å². The lowest BCUT2D eigenvalue weighted by Crippen LogP contribution is -2.45. The Balaban J connectivity index is 1.92. The van der Waals surface area contributed by atoms with E-state index in [1.54, 1.807) is 0 Å². The third-order valence-electron chi connectivity index (χ3n) is 4.30. The van der Waals surface area contributed by atoms with Gasteiger partial charge in [-0.3, -0.25) is 4.55 Å². The zero-order valence-corrected chi connectivity index (χ0v) is 13.5. The fraction of sp³-hybridized carbons (Fsp3) is 0.625. The number of hydrogen-bond acceptors (Lipinski definition) is 3. The number of aryl methyl sites for hydroxylation is 1. The number of nitrogens with one attached hydrogen (secondary N) is 1. The fourth-order valence-electron chi connectivity index (χ4n) is 3.17. The molecule has 1 fully saturated rings. The molecule has 5 heteroatoms. The van der Waals surface area contributed by atoms with Crippen LogP contribution in [0.1, 0.15) is 43.2 Å². The molecule has 1 aliphatic rings. The largest absolute Gasteiger partial charge is 0.311 e. The minimum Gasteiger partial charge on any atom is -0.311 e. The molecule has 118 valence electrons. The van der Waals surface area contributed by atoms with Crippen molar-refractivity contribution in [2.75, 3.05) is 12.3 Å². The molecule has 0 aromatic heterocycles. The van der Waals surface area contributed by atoms with Crippen molar-refractivity contribution in [3.8, 4) is 0 Å². The van der Waals surface area contributed by atoms with E-state index in [-0.39, 0.29) is 11.3 Å². The standard InChI is InChI=1S/C16H25NO3S/c1-14-5-7-15(8-6-14)13-16(9-2-3-10-16)17-11-4-12-21(18,19)20/h5-8,17H,2-4,9-13H2,1H3,(H,18,19,20).